The van der Waals surface area contributed by atoms with Crippen molar-refractivity contribution in [2.24, 2.45) is 0 Å². The number of nitrogens with one attached hydrogen (secondary N) is 1. The van der Waals surface area contributed by atoms with Gasteiger partial charge in [-0.25, -0.2) is 4.79 Å². The zero-order chi connectivity index (χ0) is 15.5. The minimum Gasteiger partial charge on any atom is -0.488 e. The van der Waals surface area contributed by atoms with E-state index in [1.54, 1.807) is 6.08 Å². The maximum Gasteiger partial charge on any atom is 0.407 e. The van der Waals surface area contributed by atoms with Crippen LogP contribution in [-0.2, 0) is 11.2 Å². The van der Waals surface area contributed by atoms with Crippen LogP contribution < -0.4 is 10.1 Å². The number of carbonyl (C=O) groups is 1. The lowest BCUT2D eigenvalue weighted by Crippen LogP contribution is -2.45. The summed E-state index contributed by atoms with van der Waals surface area (Å²) in [5.41, 5.74) is 0.958. The third-order valence-electron chi connectivity index (χ3n) is 3.19. The van der Waals surface area contributed by atoms with Gasteiger partial charge < -0.3 is 14.8 Å². The molecule has 21 heavy (non-hydrogen) atoms. The standard InChI is InChI=1S/C17H23NO3/c1-5-14-11-13(18-16(19)20-14)10-12-6-8-15(9-7-12)21-17(2,3)4/h5-9,13-14H,1,10-11H2,2-4H3,(H,18,19)/t13-,14+/m0/s1. The molecule has 4 heteroatoms. The summed E-state index contributed by atoms with van der Waals surface area (Å²) in [5, 5.41) is 2.84. The van der Waals surface area contributed by atoms with Gasteiger partial charge in [-0.2, -0.15) is 0 Å². The number of amides is 1. The molecule has 0 radical (unpaired) electrons. The zero-order valence-corrected chi connectivity index (χ0v) is 12.9. The van der Waals surface area contributed by atoms with Crippen molar-refractivity contribution in [3.8, 4) is 5.75 Å². The van der Waals surface area contributed by atoms with E-state index in [0.717, 1.165) is 24.2 Å². The first-order valence-electron chi connectivity index (χ1n) is 7.23. The summed E-state index contributed by atoms with van der Waals surface area (Å²) >= 11 is 0. The summed E-state index contributed by atoms with van der Waals surface area (Å²) in [6.45, 7) is 9.75. The van der Waals surface area contributed by atoms with Crippen LogP contribution in [0, 0.1) is 0 Å². The second-order valence-electron chi connectivity index (χ2n) is 6.32. The minimum absolute atomic E-state index is 0.0728. The van der Waals surface area contributed by atoms with Gasteiger partial charge in [-0.1, -0.05) is 24.8 Å². The van der Waals surface area contributed by atoms with Gasteiger partial charge in [0.2, 0.25) is 0 Å². The molecule has 0 spiro atoms. The Bertz CT molecular complexity index is 502. The largest absolute Gasteiger partial charge is 0.488 e. The van der Waals surface area contributed by atoms with Gasteiger partial charge in [-0.3, -0.25) is 0 Å². The Morgan fingerprint density at radius 3 is 2.62 bits per heavy atom. The number of hydrogen-bond donors (Lipinski definition) is 1. The van der Waals surface area contributed by atoms with E-state index in [2.05, 4.69) is 11.9 Å². The molecule has 4 nitrogen and oxygen atoms in total. The zero-order valence-electron chi connectivity index (χ0n) is 12.9. The van der Waals surface area contributed by atoms with Crippen LogP contribution in [0.4, 0.5) is 4.79 Å². The molecule has 1 aliphatic rings. The fraction of sp³-hybridized carbons (Fsp3) is 0.471. The van der Waals surface area contributed by atoms with E-state index >= 15 is 0 Å². The van der Waals surface area contributed by atoms with Crippen molar-refractivity contribution in [2.45, 2.75) is 51.4 Å². The summed E-state index contributed by atoms with van der Waals surface area (Å²) < 4.78 is 10.9. The summed E-state index contributed by atoms with van der Waals surface area (Å²) in [6.07, 6.45) is 2.62. The number of benzene rings is 1. The highest BCUT2D eigenvalue weighted by Crippen LogP contribution is 2.20. The number of hydrogen-bond acceptors (Lipinski definition) is 3. The van der Waals surface area contributed by atoms with Crippen LogP contribution in [-0.4, -0.2) is 23.8 Å². The van der Waals surface area contributed by atoms with Crippen LogP contribution in [0.1, 0.15) is 32.8 Å². The Kier molecular flexibility index (Phi) is 4.56. The number of cyclic esters (lactones) is 1. The Morgan fingerprint density at radius 2 is 2.05 bits per heavy atom. The van der Waals surface area contributed by atoms with E-state index in [4.69, 9.17) is 9.47 Å². The number of alkyl carbamates (subject to hydrolysis) is 1. The van der Waals surface area contributed by atoms with E-state index < -0.39 is 0 Å². The molecule has 1 aliphatic heterocycles. The second-order valence-corrected chi connectivity index (χ2v) is 6.32. The average Bonchev–Trinajstić information content (AvgIpc) is 2.38. The number of rotatable bonds is 4. The first kappa shape index (κ1) is 15.4. The van der Waals surface area contributed by atoms with E-state index in [-0.39, 0.29) is 23.8 Å². The molecule has 1 amide bonds. The molecular weight excluding hydrogens is 266 g/mol. The van der Waals surface area contributed by atoms with Crippen LogP contribution in [0.3, 0.4) is 0 Å². The summed E-state index contributed by atoms with van der Waals surface area (Å²) in [5.74, 6) is 0.853. The van der Waals surface area contributed by atoms with Gasteiger partial charge in [0.1, 0.15) is 17.5 Å². The normalized spacial score (nSPS) is 22.1. The van der Waals surface area contributed by atoms with Gasteiger partial charge in [-0.05, 0) is 44.9 Å². The van der Waals surface area contributed by atoms with Gasteiger partial charge in [0.05, 0.1) is 0 Å². The summed E-state index contributed by atoms with van der Waals surface area (Å²) in [6, 6.07) is 8.07. The van der Waals surface area contributed by atoms with E-state index in [1.165, 1.54) is 0 Å². The third kappa shape index (κ3) is 4.81. The van der Waals surface area contributed by atoms with Gasteiger partial charge in [0.15, 0.2) is 0 Å². The summed E-state index contributed by atoms with van der Waals surface area (Å²) in [7, 11) is 0. The first-order valence-corrected chi connectivity index (χ1v) is 7.23. The lowest BCUT2D eigenvalue weighted by molar-refractivity contribution is 0.0825. The fourth-order valence-corrected chi connectivity index (χ4v) is 2.34. The SMILES string of the molecule is C=C[C@@H]1C[C@H](Cc2ccc(OC(C)(C)C)cc2)NC(=O)O1. The van der Waals surface area contributed by atoms with Gasteiger partial charge in [0, 0.05) is 12.5 Å². The fourth-order valence-electron chi connectivity index (χ4n) is 2.34. The van der Waals surface area contributed by atoms with Gasteiger partial charge >= 0.3 is 6.09 Å². The van der Waals surface area contributed by atoms with Crippen molar-refractivity contribution < 1.29 is 14.3 Å². The van der Waals surface area contributed by atoms with E-state index in [0.29, 0.717) is 0 Å². The van der Waals surface area contributed by atoms with Crippen molar-refractivity contribution in [1.29, 1.82) is 0 Å². The Hall–Kier alpha value is -1.97. The second kappa shape index (κ2) is 6.20. The van der Waals surface area contributed by atoms with Crippen molar-refractivity contribution in [2.75, 3.05) is 0 Å². The molecular formula is C17H23NO3. The highest BCUT2D eigenvalue weighted by Gasteiger charge is 2.25. The molecule has 1 fully saturated rings. The van der Waals surface area contributed by atoms with E-state index in [1.807, 2.05) is 45.0 Å². The predicted octanol–water partition coefficient (Wildman–Crippen LogP) is 3.46. The van der Waals surface area contributed by atoms with Crippen molar-refractivity contribution in [3.05, 3.63) is 42.5 Å². The summed E-state index contributed by atoms with van der Waals surface area (Å²) in [4.78, 5) is 11.4. The van der Waals surface area contributed by atoms with Crippen LogP contribution in [0.2, 0.25) is 0 Å². The molecule has 2 rings (SSSR count). The van der Waals surface area contributed by atoms with Gasteiger partial charge in [-0.15, -0.1) is 0 Å². The Morgan fingerprint density at radius 1 is 1.38 bits per heavy atom. The average molecular weight is 289 g/mol. The molecule has 0 saturated carbocycles. The topological polar surface area (TPSA) is 47.6 Å². The van der Waals surface area contributed by atoms with Crippen molar-refractivity contribution in [1.82, 2.24) is 5.32 Å². The van der Waals surface area contributed by atoms with E-state index in [9.17, 15) is 4.79 Å². The highest BCUT2D eigenvalue weighted by molar-refractivity contribution is 5.69. The van der Waals surface area contributed by atoms with Crippen molar-refractivity contribution in [3.63, 3.8) is 0 Å². The third-order valence-corrected chi connectivity index (χ3v) is 3.19. The number of carbonyl (C=O) groups excluding carboxylic acids is 1. The number of ether oxygens (including phenoxy) is 2. The highest BCUT2D eigenvalue weighted by atomic mass is 16.6. The molecule has 1 heterocycles. The molecule has 0 aromatic heterocycles. The van der Waals surface area contributed by atoms with Crippen LogP contribution in [0.25, 0.3) is 0 Å². The molecule has 1 aromatic carbocycles. The van der Waals surface area contributed by atoms with Crippen LogP contribution in [0.15, 0.2) is 36.9 Å². The quantitative estimate of drug-likeness (QED) is 0.863. The molecule has 0 aliphatic carbocycles. The lowest BCUT2D eigenvalue weighted by atomic mass is 9.99. The maximum absolute atomic E-state index is 11.4. The van der Waals surface area contributed by atoms with Crippen molar-refractivity contribution >= 4 is 6.09 Å². The molecule has 0 bridgehead atoms. The monoisotopic (exact) mass is 289 g/mol. The molecule has 0 unspecified atom stereocenters. The van der Waals surface area contributed by atoms with Gasteiger partial charge in [0.25, 0.3) is 0 Å². The van der Waals surface area contributed by atoms with Crippen LogP contribution in [0.5, 0.6) is 5.75 Å². The Balaban J connectivity index is 1.96. The molecule has 1 saturated heterocycles. The Labute approximate surface area is 126 Å². The minimum atomic E-state index is -0.371. The van der Waals surface area contributed by atoms with Crippen LogP contribution >= 0.6 is 0 Å². The maximum atomic E-state index is 11.4. The predicted molar refractivity (Wildman–Crippen MR) is 82.5 cm³/mol. The molecule has 2 atom stereocenters. The molecule has 1 N–H and O–H groups in total. The lowest BCUT2D eigenvalue weighted by Gasteiger charge is -2.28. The smallest absolute Gasteiger partial charge is 0.407 e. The molecule has 114 valence electrons. The first-order chi connectivity index (χ1) is 9.85. The molecule has 1 aromatic rings.